The fraction of sp³-hybridized carbons (Fsp3) is 0.0714. The Morgan fingerprint density at radius 2 is 1.83 bits per heavy atom. The van der Waals surface area contributed by atoms with E-state index in [4.69, 9.17) is 0 Å². The first-order valence-electron chi connectivity index (χ1n) is 5.77. The van der Waals surface area contributed by atoms with Crippen molar-refractivity contribution in [3.63, 3.8) is 0 Å². The van der Waals surface area contributed by atoms with Gasteiger partial charge in [-0.3, -0.25) is 4.98 Å². The average molecular weight is 236 g/mol. The molecule has 0 aliphatic carbocycles. The summed E-state index contributed by atoms with van der Waals surface area (Å²) in [6.45, 7) is 0.713. The first-order chi connectivity index (χ1) is 8.93. The standard InChI is InChI=1S/C14H12N4/c1-2-4-13-12(3-1)10-17-18-14(13)16-9-11-5-7-15-8-6-11/h1-8,10H,9H2,(H,16,18). The van der Waals surface area contributed by atoms with Crippen molar-refractivity contribution in [1.29, 1.82) is 0 Å². The first-order valence-corrected chi connectivity index (χ1v) is 5.77. The Morgan fingerprint density at radius 1 is 1.00 bits per heavy atom. The second-order valence-corrected chi connectivity index (χ2v) is 3.99. The quantitative estimate of drug-likeness (QED) is 0.759. The molecule has 18 heavy (non-hydrogen) atoms. The monoisotopic (exact) mass is 236 g/mol. The summed E-state index contributed by atoms with van der Waals surface area (Å²) in [5.74, 6) is 0.810. The van der Waals surface area contributed by atoms with E-state index in [1.807, 2.05) is 36.4 Å². The third kappa shape index (κ3) is 2.13. The zero-order valence-electron chi connectivity index (χ0n) is 9.74. The van der Waals surface area contributed by atoms with Crippen LogP contribution in [-0.2, 0) is 6.54 Å². The normalized spacial score (nSPS) is 10.4. The molecule has 0 spiro atoms. The zero-order valence-corrected chi connectivity index (χ0v) is 9.74. The Hall–Kier alpha value is -2.49. The van der Waals surface area contributed by atoms with Gasteiger partial charge in [-0.1, -0.05) is 24.3 Å². The second-order valence-electron chi connectivity index (χ2n) is 3.99. The smallest absolute Gasteiger partial charge is 0.156 e. The van der Waals surface area contributed by atoms with Crippen LogP contribution in [0.4, 0.5) is 5.82 Å². The highest BCUT2D eigenvalue weighted by Gasteiger charge is 2.02. The van der Waals surface area contributed by atoms with E-state index < -0.39 is 0 Å². The minimum atomic E-state index is 0.713. The Kier molecular flexibility index (Phi) is 2.84. The van der Waals surface area contributed by atoms with E-state index in [0.29, 0.717) is 6.54 Å². The lowest BCUT2D eigenvalue weighted by molar-refractivity contribution is 1.01. The van der Waals surface area contributed by atoms with Gasteiger partial charge in [-0.05, 0) is 17.7 Å². The van der Waals surface area contributed by atoms with Crippen molar-refractivity contribution in [3.8, 4) is 0 Å². The van der Waals surface area contributed by atoms with E-state index in [-0.39, 0.29) is 0 Å². The maximum Gasteiger partial charge on any atom is 0.156 e. The first kappa shape index (κ1) is 10.7. The summed E-state index contributed by atoms with van der Waals surface area (Å²) in [4.78, 5) is 3.99. The van der Waals surface area contributed by atoms with Gasteiger partial charge < -0.3 is 5.32 Å². The molecule has 3 aromatic rings. The molecule has 3 rings (SSSR count). The Labute approximate surface area is 105 Å². The molecule has 0 saturated heterocycles. The van der Waals surface area contributed by atoms with Gasteiger partial charge in [-0.25, -0.2) is 0 Å². The third-order valence-electron chi connectivity index (χ3n) is 2.78. The van der Waals surface area contributed by atoms with E-state index in [2.05, 4.69) is 20.5 Å². The fourth-order valence-corrected chi connectivity index (χ4v) is 1.84. The molecule has 0 amide bonds. The number of nitrogens with one attached hydrogen (secondary N) is 1. The van der Waals surface area contributed by atoms with Crippen LogP contribution in [-0.4, -0.2) is 15.2 Å². The molecule has 0 aliphatic heterocycles. The second kappa shape index (κ2) is 4.79. The fourth-order valence-electron chi connectivity index (χ4n) is 1.84. The van der Waals surface area contributed by atoms with Crippen LogP contribution < -0.4 is 5.32 Å². The van der Waals surface area contributed by atoms with Crippen molar-refractivity contribution >= 4 is 16.6 Å². The largest absolute Gasteiger partial charge is 0.364 e. The van der Waals surface area contributed by atoms with Crippen LogP contribution in [0, 0.1) is 0 Å². The van der Waals surface area contributed by atoms with Gasteiger partial charge in [0.25, 0.3) is 0 Å². The number of rotatable bonds is 3. The van der Waals surface area contributed by atoms with E-state index in [1.165, 1.54) is 5.56 Å². The van der Waals surface area contributed by atoms with Gasteiger partial charge in [0.2, 0.25) is 0 Å². The van der Waals surface area contributed by atoms with E-state index >= 15 is 0 Å². The Balaban J connectivity index is 1.87. The van der Waals surface area contributed by atoms with Crippen LogP contribution in [0.1, 0.15) is 5.56 Å². The third-order valence-corrected chi connectivity index (χ3v) is 2.78. The molecule has 1 N–H and O–H groups in total. The number of aromatic nitrogens is 3. The van der Waals surface area contributed by atoms with Gasteiger partial charge >= 0.3 is 0 Å². The summed E-state index contributed by atoms with van der Waals surface area (Å²) in [6.07, 6.45) is 5.34. The summed E-state index contributed by atoms with van der Waals surface area (Å²) in [6, 6.07) is 12.0. The number of anilines is 1. The molecular weight excluding hydrogens is 224 g/mol. The molecule has 88 valence electrons. The maximum absolute atomic E-state index is 4.15. The zero-order chi connectivity index (χ0) is 12.2. The van der Waals surface area contributed by atoms with Crippen LogP contribution in [0.2, 0.25) is 0 Å². The van der Waals surface area contributed by atoms with Gasteiger partial charge in [0.15, 0.2) is 5.82 Å². The van der Waals surface area contributed by atoms with E-state index in [9.17, 15) is 0 Å². The molecule has 4 heteroatoms. The van der Waals surface area contributed by atoms with Crippen LogP contribution in [0.3, 0.4) is 0 Å². The molecule has 0 aliphatic rings. The molecule has 0 bridgehead atoms. The lowest BCUT2D eigenvalue weighted by atomic mass is 10.2. The van der Waals surface area contributed by atoms with Crippen molar-refractivity contribution in [2.45, 2.75) is 6.54 Å². The number of hydrogen-bond acceptors (Lipinski definition) is 4. The summed E-state index contributed by atoms with van der Waals surface area (Å²) in [7, 11) is 0. The molecule has 4 nitrogen and oxygen atoms in total. The average Bonchev–Trinajstić information content (AvgIpc) is 2.46. The van der Waals surface area contributed by atoms with Gasteiger partial charge in [0, 0.05) is 29.7 Å². The Morgan fingerprint density at radius 3 is 2.72 bits per heavy atom. The molecule has 0 fully saturated rings. The predicted molar refractivity (Wildman–Crippen MR) is 71.1 cm³/mol. The number of benzene rings is 1. The van der Waals surface area contributed by atoms with Gasteiger partial charge in [-0.15, -0.1) is 5.10 Å². The lowest BCUT2D eigenvalue weighted by Gasteiger charge is -2.07. The molecule has 0 atom stereocenters. The van der Waals surface area contributed by atoms with Crippen molar-refractivity contribution < 1.29 is 0 Å². The minimum absolute atomic E-state index is 0.713. The summed E-state index contributed by atoms with van der Waals surface area (Å²) >= 11 is 0. The Bertz CT molecular complexity index is 647. The summed E-state index contributed by atoms with van der Waals surface area (Å²) < 4.78 is 0. The van der Waals surface area contributed by atoms with Crippen LogP contribution in [0.25, 0.3) is 10.8 Å². The highest BCUT2D eigenvalue weighted by Crippen LogP contribution is 2.19. The summed E-state index contributed by atoms with van der Waals surface area (Å²) in [5.41, 5.74) is 1.17. The molecule has 2 aromatic heterocycles. The van der Waals surface area contributed by atoms with Crippen molar-refractivity contribution in [2.75, 3.05) is 5.32 Å². The van der Waals surface area contributed by atoms with Crippen LogP contribution >= 0.6 is 0 Å². The molecular formula is C14H12N4. The molecule has 0 unspecified atom stereocenters. The van der Waals surface area contributed by atoms with Crippen molar-refractivity contribution in [2.24, 2.45) is 0 Å². The topological polar surface area (TPSA) is 50.7 Å². The van der Waals surface area contributed by atoms with E-state index in [0.717, 1.165) is 16.6 Å². The minimum Gasteiger partial charge on any atom is -0.364 e. The molecule has 0 radical (unpaired) electrons. The number of nitrogens with zero attached hydrogens (tertiary/aromatic N) is 3. The molecule has 1 aromatic carbocycles. The highest BCUT2D eigenvalue weighted by atomic mass is 15.2. The number of pyridine rings is 1. The lowest BCUT2D eigenvalue weighted by Crippen LogP contribution is -2.02. The van der Waals surface area contributed by atoms with Gasteiger partial charge in [-0.2, -0.15) is 5.10 Å². The summed E-state index contributed by atoms with van der Waals surface area (Å²) in [5, 5.41) is 13.6. The van der Waals surface area contributed by atoms with Gasteiger partial charge in [0.1, 0.15) is 0 Å². The highest BCUT2D eigenvalue weighted by molar-refractivity contribution is 5.90. The maximum atomic E-state index is 4.15. The van der Waals surface area contributed by atoms with Crippen LogP contribution in [0.5, 0.6) is 0 Å². The number of fused-ring (bicyclic) bond motifs is 1. The van der Waals surface area contributed by atoms with Crippen LogP contribution in [0.15, 0.2) is 55.0 Å². The van der Waals surface area contributed by atoms with Gasteiger partial charge in [0.05, 0.1) is 6.20 Å². The van der Waals surface area contributed by atoms with E-state index in [1.54, 1.807) is 18.6 Å². The van der Waals surface area contributed by atoms with Crippen molar-refractivity contribution in [3.05, 3.63) is 60.6 Å². The molecule has 2 heterocycles. The predicted octanol–water partition coefficient (Wildman–Crippen LogP) is 2.64. The SMILES string of the molecule is c1ccc2c(NCc3ccncc3)nncc2c1. The molecule has 0 saturated carbocycles. The van der Waals surface area contributed by atoms with Crippen molar-refractivity contribution in [1.82, 2.24) is 15.2 Å². The number of hydrogen-bond donors (Lipinski definition) is 1.